The number of nitrogens with one attached hydrogen (secondary N) is 1. The topological polar surface area (TPSA) is 80.8 Å². The molecule has 0 fully saturated rings. The molecule has 0 spiro atoms. The average Bonchev–Trinajstić information content (AvgIpc) is 3.32. The fraction of sp³-hybridized carbons (Fsp3) is 0.0435. The van der Waals surface area contributed by atoms with Crippen molar-refractivity contribution < 1.29 is 9.53 Å². The highest BCUT2D eigenvalue weighted by molar-refractivity contribution is 6.14. The molecule has 0 bridgehead atoms. The summed E-state index contributed by atoms with van der Waals surface area (Å²) in [6.45, 7) is 0. The van der Waals surface area contributed by atoms with Crippen molar-refractivity contribution in [2.45, 2.75) is 6.10 Å². The Morgan fingerprint density at radius 3 is 2.41 bits per heavy atom. The van der Waals surface area contributed by atoms with Gasteiger partial charge in [0.25, 0.3) is 0 Å². The molecule has 2 heterocycles. The highest BCUT2D eigenvalue weighted by Crippen LogP contribution is 2.39. The Morgan fingerprint density at radius 2 is 1.66 bits per heavy atom. The molecule has 0 saturated heterocycles. The van der Waals surface area contributed by atoms with E-state index >= 15 is 0 Å². The molecule has 1 aromatic heterocycles. The van der Waals surface area contributed by atoms with Gasteiger partial charge in [-0.05, 0) is 34.5 Å². The SMILES string of the molecule is O=C1C(=Cc2ccc(-c3nn[nH]n3)cc2)[C@@H](c2ccccc2)Oc2ccccc21. The van der Waals surface area contributed by atoms with Gasteiger partial charge in [-0.3, -0.25) is 4.79 Å². The van der Waals surface area contributed by atoms with Gasteiger partial charge < -0.3 is 4.74 Å². The molecule has 1 N–H and O–H groups in total. The number of ether oxygens (including phenoxy) is 1. The van der Waals surface area contributed by atoms with E-state index in [1.807, 2.05) is 78.9 Å². The number of carbonyl (C=O) groups excluding carboxylic acids is 1. The number of Topliss-reactive ketones (excluding diaryl/α,β-unsaturated/α-hetero) is 1. The molecule has 3 aromatic carbocycles. The van der Waals surface area contributed by atoms with Crippen LogP contribution in [-0.2, 0) is 0 Å². The number of tetrazole rings is 1. The van der Waals surface area contributed by atoms with E-state index in [1.165, 1.54) is 0 Å². The molecular formula is C23H16N4O2. The largest absolute Gasteiger partial charge is 0.480 e. The number of rotatable bonds is 3. The summed E-state index contributed by atoms with van der Waals surface area (Å²) in [6, 6.07) is 24.8. The van der Waals surface area contributed by atoms with Gasteiger partial charge in [0.05, 0.1) is 5.56 Å². The van der Waals surface area contributed by atoms with Crippen LogP contribution in [0.3, 0.4) is 0 Å². The third-order valence-electron chi connectivity index (χ3n) is 4.86. The predicted molar refractivity (Wildman–Crippen MR) is 108 cm³/mol. The van der Waals surface area contributed by atoms with Crippen LogP contribution < -0.4 is 4.74 Å². The lowest BCUT2D eigenvalue weighted by Gasteiger charge is -2.28. The summed E-state index contributed by atoms with van der Waals surface area (Å²) in [6.07, 6.45) is 1.42. The van der Waals surface area contributed by atoms with Gasteiger partial charge in [-0.15, -0.1) is 10.2 Å². The van der Waals surface area contributed by atoms with E-state index in [1.54, 1.807) is 6.07 Å². The van der Waals surface area contributed by atoms with Crippen molar-refractivity contribution in [1.29, 1.82) is 0 Å². The summed E-state index contributed by atoms with van der Waals surface area (Å²) in [4.78, 5) is 13.3. The lowest BCUT2D eigenvalue weighted by Crippen LogP contribution is -2.23. The molecule has 140 valence electrons. The van der Waals surface area contributed by atoms with Crippen LogP contribution in [0.1, 0.15) is 27.6 Å². The van der Waals surface area contributed by atoms with Gasteiger partial charge in [0.1, 0.15) is 5.75 Å². The van der Waals surface area contributed by atoms with Crippen LogP contribution in [0.25, 0.3) is 17.5 Å². The zero-order valence-corrected chi connectivity index (χ0v) is 15.3. The summed E-state index contributed by atoms with van der Waals surface area (Å²) in [5.41, 5.74) is 3.85. The van der Waals surface area contributed by atoms with Gasteiger partial charge in [-0.2, -0.15) is 5.21 Å². The van der Waals surface area contributed by atoms with E-state index in [-0.39, 0.29) is 5.78 Å². The van der Waals surface area contributed by atoms with Crippen LogP contribution in [0.5, 0.6) is 5.75 Å². The Bertz CT molecular complexity index is 1180. The molecule has 1 atom stereocenters. The maximum atomic E-state index is 13.3. The van der Waals surface area contributed by atoms with Gasteiger partial charge in [0.2, 0.25) is 5.82 Å². The molecule has 0 unspecified atom stereocenters. The minimum Gasteiger partial charge on any atom is -0.480 e. The molecule has 5 rings (SSSR count). The van der Waals surface area contributed by atoms with Crippen molar-refractivity contribution in [2.75, 3.05) is 0 Å². The summed E-state index contributed by atoms with van der Waals surface area (Å²) in [5, 5.41) is 14.0. The van der Waals surface area contributed by atoms with Crippen LogP contribution in [0.15, 0.2) is 84.4 Å². The summed E-state index contributed by atoms with van der Waals surface area (Å²) < 4.78 is 6.23. The first-order valence-corrected chi connectivity index (χ1v) is 9.20. The summed E-state index contributed by atoms with van der Waals surface area (Å²) >= 11 is 0. The molecule has 0 saturated carbocycles. The molecule has 4 aromatic rings. The van der Waals surface area contributed by atoms with E-state index in [9.17, 15) is 4.79 Å². The zero-order valence-electron chi connectivity index (χ0n) is 15.3. The maximum Gasteiger partial charge on any atom is 0.204 e. The second kappa shape index (κ2) is 7.16. The van der Waals surface area contributed by atoms with Gasteiger partial charge >= 0.3 is 0 Å². The van der Waals surface area contributed by atoms with Crippen LogP contribution >= 0.6 is 0 Å². The first-order valence-electron chi connectivity index (χ1n) is 9.20. The van der Waals surface area contributed by atoms with E-state index in [4.69, 9.17) is 4.74 Å². The van der Waals surface area contributed by atoms with Crippen molar-refractivity contribution in [1.82, 2.24) is 20.6 Å². The van der Waals surface area contributed by atoms with Crippen molar-refractivity contribution in [3.63, 3.8) is 0 Å². The Kier molecular flexibility index (Phi) is 4.22. The van der Waals surface area contributed by atoms with Gasteiger partial charge in [0, 0.05) is 11.1 Å². The second-order valence-corrected chi connectivity index (χ2v) is 6.69. The van der Waals surface area contributed by atoms with Crippen LogP contribution in [-0.4, -0.2) is 26.4 Å². The smallest absolute Gasteiger partial charge is 0.204 e. The number of aromatic amines is 1. The van der Waals surface area contributed by atoms with Crippen molar-refractivity contribution >= 4 is 11.9 Å². The third kappa shape index (κ3) is 3.21. The number of benzene rings is 3. The Labute approximate surface area is 166 Å². The van der Waals surface area contributed by atoms with Crippen LogP contribution in [0.2, 0.25) is 0 Å². The molecule has 0 amide bonds. The van der Waals surface area contributed by atoms with E-state index < -0.39 is 6.10 Å². The maximum absolute atomic E-state index is 13.3. The number of hydrogen-bond donors (Lipinski definition) is 1. The number of para-hydroxylation sites is 1. The molecule has 1 aliphatic rings. The molecule has 0 aliphatic carbocycles. The normalized spacial score (nSPS) is 17.0. The first-order chi connectivity index (χ1) is 14.3. The zero-order chi connectivity index (χ0) is 19.6. The number of aromatic nitrogens is 4. The number of nitrogens with zero attached hydrogens (tertiary/aromatic N) is 3. The molecule has 6 nitrogen and oxygen atoms in total. The van der Waals surface area contributed by atoms with Gasteiger partial charge in [-0.1, -0.05) is 66.7 Å². The number of hydrogen-bond acceptors (Lipinski definition) is 5. The van der Waals surface area contributed by atoms with Crippen LogP contribution in [0, 0.1) is 0 Å². The van der Waals surface area contributed by atoms with E-state index in [2.05, 4.69) is 20.6 Å². The van der Waals surface area contributed by atoms with Crippen molar-refractivity contribution in [2.24, 2.45) is 0 Å². The second-order valence-electron chi connectivity index (χ2n) is 6.69. The third-order valence-corrected chi connectivity index (χ3v) is 4.86. The number of ketones is 1. The number of fused-ring (bicyclic) bond motifs is 1. The standard InChI is InChI=1S/C23H16N4O2/c28-21-18-8-4-5-9-20(18)29-22(16-6-2-1-3-7-16)19(21)14-15-10-12-17(13-11-15)23-24-26-27-25-23/h1-14,22H,(H,24,25,26,27)/t22-/m1/s1. The van der Waals surface area contributed by atoms with Gasteiger partial charge in [-0.25, -0.2) is 0 Å². The Balaban J connectivity index is 1.57. The lowest BCUT2D eigenvalue weighted by molar-refractivity contribution is 0.0963. The molecule has 6 heteroatoms. The predicted octanol–water partition coefficient (Wildman–Crippen LogP) is 4.27. The fourth-order valence-electron chi connectivity index (χ4n) is 3.43. The minimum atomic E-state index is -0.463. The van der Waals surface area contributed by atoms with E-state index in [0.717, 1.165) is 16.7 Å². The highest BCUT2D eigenvalue weighted by Gasteiger charge is 2.32. The Morgan fingerprint density at radius 1 is 0.897 bits per heavy atom. The first kappa shape index (κ1) is 17.1. The average molecular weight is 380 g/mol. The molecule has 0 radical (unpaired) electrons. The highest BCUT2D eigenvalue weighted by atomic mass is 16.5. The minimum absolute atomic E-state index is 0.0250. The quantitative estimate of drug-likeness (QED) is 0.537. The van der Waals surface area contributed by atoms with Crippen LogP contribution in [0.4, 0.5) is 0 Å². The number of carbonyl (C=O) groups is 1. The van der Waals surface area contributed by atoms with Gasteiger partial charge in [0.15, 0.2) is 11.9 Å². The summed E-state index contributed by atoms with van der Waals surface area (Å²) in [5.74, 6) is 1.11. The van der Waals surface area contributed by atoms with E-state index in [0.29, 0.717) is 22.7 Å². The number of H-pyrrole nitrogens is 1. The molecular weight excluding hydrogens is 364 g/mol. The Hall–Kier alpha value is -4.06. The van der Waals surface area contributed by atoms with Crippen molar-refractivity contribution in [3.8, 4) is 17.1 Å². The lowest BCUT2D eigenvalue weighted by atomic mass is 9.89. The molecule has 29 heavy (non-hydrogen) atoms. The fourth-order valence-corrected chi connectivity index (χ4v) is 3.43. The van der Waals surface area contributed by atoms with Crippen molar-refractivity contribution in [3.05, 3.63) is 101 Å². The molecule has 1 aliphatic heterocycles. The summed E-state index contributed by atoms with van der Waals surface area (Å²) in [7, 11) is 0. The monoisotopic (exact) mass is 380 g/mol.